The Bertz CT molecular complexity index is 1280. The first-order chi connectivity index (χ1) is 15.9. The van der Waals surface area contributed by atoms with Crippen molar-refractivity contribution in [1.29, 1.82) is 0 Å². The van der Waals surface area contributed by atoms with E-state index in [0.717, 1.165) is 36.5 Å². The van der Waals surface area contributed by atoms with Crippen LogP contribution in [0, 0.1) is 12.8 Å². The lowest BCUT2D eigenvalue weighted by Gasteiger charge is -2.30. The van der Waals surface area contributed by atoms with E-state index in [4.69, 9.17) is 0 Å². The molecule has 1 aromatic carbocycles. The minimum atomic E-state index is -3.54. The molecule has 0 atom stereocenters. The van der Waals surface area contributed by atoms with E-state index in [1.54, 1.807) is 18.5 Å². The van der Waals surface area contributed by atoms with E-state index < -0.39 is 10.0 Å². The van der Waals surface area contributed by atoms with Crippen LogP contribution >= 0.6 is 0 Å². The maximum atomic E-state index is 13.1. The summed E-state index contributed by atoms with van der Waals surface area (Å²) in [5.74, 6) is 1.24. The highest BCUT2D eigenvalue weighted by atomic mass is 32.2. The molecule has 172 valence electrons. The lowest BCUT2D eigenvalue weighted by atomic mass is 9.97. The van der Waals surface area contributed by atoms with Gasteiger partial charge in [0.15, 0.2) is 0 Å². The predicted molar refractivity (Wildman–Crippen MR) is 125 cm³/mol. The van der Waals surface area contributed by atoms with Crippen molar-refractivity contribution in [3.8, 4) is 5.82 Å². The highest BCUT2D eigenvalue weighted by Crippen LogP contribution is 2.29. The number of fused-ring (bicyclic) bond motifs is 1. The molecular formula is C24H27N5O3S. The van der Waals surface area contributed by atoms with Gasteiger partial charge in [-0.1, -0.05) is 6.07 Å². The number of nitrogens with zero attached hydrogens (tertiary/aromatic N) is 4. The molecule has 2 aromatic heterocycles. The van der Waals surface area contributed by atoms with Crippen LogP contribution < -0.4 is 5.32 Å². The molecule has 0 spiro atoms. The van der Waals surface area contributed by atoms with Gasteiger partial charge in [-0.05, 0) is 74.4 Å². The Labute approximate surface area is 193 Å². The Kier molecular flexibility index (Phi) is 5.76. The van der Waals surface area contributed by atoms with Crippen molar-refractivity contribution in [3.63, 3.8) is 0 Å². The van der Waals surface area contributed by atoms with Crippen molar-refractivity contribution in [3.05, 3.63) is 65.9 Å². The molecule has 1 N–H and O–H groups in total. The molecular weight excluding hydrogens is 438 g/mol. The third kappa shape index (κ3) is 4.30. The number of benzene rings is 1. The number of aryl methyl sites for hydroxylation is 3. The molecule has 0 bridgehead atoms. The summed E-state index contributed by atoms with van der Waals surface area (Å²) in [6.07, 6.45) is 9.22. The average Bonchev–Trinajstić information content (AvgIpc) is 3.48. The summed E-state index contributed by atoms with van der Waals surface area (Å²) in [6, 6.07) is 9.14. The number of sulfonamides is 1. The fourth-order valence-electron chi connectivity index (χ4n) is 4.68. The summed E-state index contributed by atoms with van der Waals surface area (Å²) in [7, 11) is -3.54. The van der Waals surface area contributed by atoms with E-state index in [-0.39, 0.29) is 11.8 Å². The molecule has 1 fully saturated rings. The number of hydrogen-bond donors (Lipinski definition) is 1. The van der Waals surface area contributed by atoms with Crippen molar-refractivity contribution >= 4 is 21.6 Å². The minimum absolute atomic E-state index is 0.0991. The lowest BCUT2D eigenvalue weighted by molar-refractivity contribution is -0.120. The van der Waals surface area contributed by atoms with Gasteiger partial charge in [0.1, 0.15) is 11.6 Å². The third-order valence-corrected chi connectivity index (χ3v) is 8.52. The molecule has 0 unspecified atom stereocenters. The summed E-state index contributed by atoms with van der Waals surface area (Å²) in [4.78, 5) is 21.7. The number of aromatic nitrogens is 3. The number of nitrogens with one attached hydrogen (secondary N) is 1. The second kappa shape index (κ2) is 8.72. The van der Waals surface area contributed by atoms with Gasteiger partial charge in [0.05, 0.1) is 16.8 Å². The molecule has 0 saturated carbocycles. The van der Waals surface area contributed by atoms with Gasteiger partial charge >= 0.3 is 0 Å². The summed E-state index contributed by atoms with van der Waals surface area (Å²) in [5, 5.41) is 2.92. The summed E-state index contributed by atoms with van der Waals surface area (Å²) in [5.41, 5.74) is 3.02. The molecule has 3 heterocycles. The first-order valence-corrected chi connectivity index (χ1v) is 12.7. The van der Waals surface area contributed by atoms with Crippen molar-refractivity contribution in [2.24, 2.45) is 5.92 Å². The summed E-state index contributed by atoms with van der Waals surface area (Å²) in [6.45, 7) is 2.58. The molecule has 3 aromatic rings. The van der Waals surface area contributed by atoms with E-state index in [9.17, 15) is 13.2 Å². The van der Waals surface area contributed by atoms with Crippen LogP contribution in [0.3, 0.4) is 0 Å². The Morgan fingerprint density at radius 3 is 2.55 bits per heavy atom. The maximum absolute atomic E-state index is 13.1. The zero-order chi connectivity index (χ0) is 23.0. The lowest BCUT2D eigenvalue weighted by Crippen LogP contribution is -2.41. The van der Waals surface area contributed by atoms with Gasteiger partial charge in [0.2, 0.25) is 15.9 Å². The average molecular weight is 466 g/mol. The molecule has 9 heteroatoms. The van der Waals surface area contributed by atoms with Gasteiger partial charge < -0.3 is 5.32 Å². The second-order valence-corrected chi connectivity index (χ2v) is 10.6. The first kappa shape index (κ1) is 21.8. The Morgan fingerprint density at radius 2 is 1.85 bits per heavy atom. The number of hydrogen-bond acceptors (Lipinski definition) is 5. The largest absolute Gasteiger partial charge is 0.324 e. The smallest absolute Gasteiger partial charge is 0.243 e. The molecule has 0 radical (unpaired) electrons. The van der Waals surface area contributed by atoms with Gasteiger partial charge in [0, 0.05) is 31.4 Å². The topological polar surface area (TPSA) is 97.2 Å². The standard InChI is InChI=1S/C24H27N5O3S/c1-17-25-11-14-29(17)23-8-6-21(16-26-23)27-24(30)19-9-12-28(13-10-19)33(31,32)22-7-5-18-3-2-4-20(18)15-22/h5-8,11,14-16,19H,2-4,9-10,12-13H2,1H3,(H,27,30). The van der Waals surface area contributed by atoms with Crippen molar-refractivity contribution in [2.45, 2.75) is 43.9 Å². The molecule has 5 rings (SSSR count). The maximum Gasteiger partial charge on any atom is 0.243 e. The quantitative estimate of drug-likeness (QED) is 0.625. The van der Waals surface area contributed by atoms with Crippen LogP contribution in [0.2, 0.25) is 0 Å². The Balaban J connectivity index is 1.19. The molecule has 1 aliphatic carbocycles. The molecule has 1 aliphatic heterocycles. The van der Waals surface area contributed by atoms with Crippen molar-refractivity contribution < 1.29 is 13.2 Å². The highest BCUT2D eigenvalue weighted by molar-refractivity contribution is 7.89. The van der Waals surface area contributed by atoms with Crippen LogP contribution in [0.15, 0.2) is 53.8 Å². The fourth-order valence-corrected chi connectivity index (χ4v) is 6.20. The third-order valence-electron chi connectivity index (χ3n) is 6.62. The molecule has 1 saturated heterocycles. The van der Waals surface area contributed by atoms with E-state index in [1.165, 1.54) is 9.87 Å². The number of carbonyl (C=O) groups excluding carboxylic acids is 1. The van der Waals surface area contributed by atoms with Crippen molar-refractivity contribution in [2.75, 3.05) is 18.4 Å². The Morgan fingerprint density at radius 1 is 1.06 bits per heavy atom. The normalized spacial score (nSPS) is 17.1. The van der Waals surface area contributed by atoms with Crippen LogP contribution in [-0.2, 0) is 27.7 Å². The van der Waals surface area contributed by atoms with Crippen LogP contribution in [0.1, 0.15) is 36.2 Å². The number of rotatable bonds is 5. The molecule has 33 heavy (non-hydrogen) atoms. The van der Waals surface area contributed by atoms with Gasteiger partial charge in [0.25, 0.3) is 0 Å². The monoisotopic (exact) mass is 465 g/mol. The highest BCUT2D eigenvalue weighted by Gasteiger charge is 2.32. The minimum Gasteiger partial charge on any atom is -0.324 e. The Hall–Kier alpha value is -3.04. The number of amides is 1. The van der Waals surface area contributed by atoms with Crippen LogP contribution in [0.5, 0.6) is 0 Å². The van der Waals surface area contributed by atoms with Crippen molar-refractivity contribution in [1.82, 2.24) is 18.8 Å². The first-order valence-electron chi connectivity index (χ1n) is 11.3. The van der Waals surface area contributed by atoms with Crippen LogP contribution in [0.25, 0.3) is 5.82 Å². The van der Waals surface area contributed by atoms with Crippen LogP contribution in [0.4, 0.5) is 5.69 Å². The number of imidazole rings is 1. The molecule has 2 aliphatic rings. The van der Waals surface area contributed by atoms with E-state index in [2.05, 4.69) is 15.3 Å². The van der Waals surface area contributed by atoms with E-state index in [1.807, 2.05) is 42.0 Å². The fraction of sp³-hybridized carbons (Fsp3) is 0.375. The van der Waals surface area contributed by atoms with E-state index in [0.29, 0.717) is 36.5 Å². The van der Waals surface area contributed by atoms with Gasteiger partial charge in [-0.3, -0.25) is 9.36 Å². The number of carbonyl (C=O) groups is 1. The zero-order valence-corrected chi connectivity index (χ0v) is 19.4. The summed E-state index contributed by atoms with van der Waals surface area (Å²) < 4.78 is 29.6. The second-order valence-electron chi connectivity index (χ2n) is 8.70. The van der Waals surface area contributed by atoms with E-state index >= 15 is 0 Å². The van der Waals surface area contributed by atoms with Gasteiger partial charge in [-0.2, -0.15) is 4.31 Å². The van der Waals surface area contributed by atoms with Gasteiger partial charge in [-0.15, -0.1) is 0 Å². The number of piperidine rings is 1. The predicted octanol–water partition coefficient (Wildman–Crippen LogP) is 3.10. The summed E-state index contributed by atoms with van der Waals surface area (Å²) >= 11 is 0. The molecule has 8 nitrogen and oxygen atoms in total. The number of pyridine rings is 1. The van der Waals surface area contributed by atoms with Gasteiger partial charge in [-0.25, -0.2) is 18.4 Å². The number of anilines is 1. The zero-order valence-electron chi connectivity index (χ0n) is 18.6. The SMILES string of the molecule is Cc1nccn1-c1ccc(NC(=O)C2CCN(S(=O)(=O)c3ccc4c(c3)CCC4)CC2)cn1. The van der Waals surface area contributed by atoms with Crippen LogP contribution in [-0.4, -0.2) is 46.3 Å². The molecule has 1 amide bonds.